The topological polar surface area (TPSA) is 88.8 Å². The molecule has 0 aliphatic carbocycles. The molecule has 0 aliphatic heterocycles. The SMILES string of the molecule is Cn1cc(C(=O)O)c(=O)c2cc(C/C=C/OCCO)ccc21. The lowest BCUT2D eigenvalue weighted by Crippen LogP contribution is -2.18. The van der Waals surface area contributed by atoms with E-state index in [2.05, 4.69) is 0 Å². The zero-order valence-corrected chi connectivity index (χ0v) is 12.2. The number of aliphatic hydroxyl groups excluding tert-OH is 1. The number of carboxylic acids is 1. The quantitative estimate of drug-likeness (QED) is 0.620. The summed E-state index contributed by atoms with van der Waals surface area (Å²) in [5, 5.41) is 18.0. The third-order valence-electron chi connectivity index (χ3n) is 3.24. The lowest BCUT2D eigenvalue weighted by atomic mass is 10.1. The molecule has 0 spiro atoms. The average molecular weight is 303 g/mol. The van der Waals surface area contributed by atoms with Crippen molar-refractivity contribution >= 4 is 16.9 Å². The molecule has 0 saturated heterocycles. The smallest absolute Gasteiger partial charge is 0.341 e. The van der Waals surface area contributed by atoms with Crippen molar-refractivity contribution in [1.29, 1.82) is 0 Å². The van der Waals surface area contributed by atoms with E-state index in [0.717, 1.165) is 5.56 Å². The summed E-state index contributed by atoms with van der Waals surface area (Å²) < 4.78 is 6.64. The van der Waals surface area contributed by atoms with Gasteiger partial charge in [0.1, 0.15) is 12.2 Å². The summed E-state index contributed by atoms with van der Waals surface area (Å²) in [5.74, 6) is -1.23. The minimum atomic E-state index is -1.23. The second kappa shape index (κ2) is 6.91. The van der Waals surface area contributed by atoms with Crippen LogP contribution < -0.4 is 5.43 Å². The number of carboxylic acid groups (broad SMARTS) is 1. The third kappa shape index (κ3) is 3.35. The van der Waals surface area contributed by atoms with Gasteiger partial charge in [0.15, 0.2) is 0 Å². The van der Waals surface area contributed by atoms with Crippen LogP contribution in [0.1, 0.15) is 15.9 Å². The molecular weight excluding hydrogens is 286 g/mol. The number of fused-ring (bicyclic) bond motifs is 1. The van der Waals surface area contributed by atoms with E-state index in [1.165, 1.54) is 12.5 Å². The van der Waals surface area contributed by atoms with Crippen molar-refractivity contribution < 1.29 is 19.7 Å². The van der Waals surface area contributed by atoms with Crippen LogP contribution in [-0.4, -0.2) is 34.0 Å². The van der Waals surface area contributed by atoms with Crippen LogP contribution in [0, 0.1) is 0 Å². The summed E-state index contributed by atoms with van der Waals surface area (Å²) in [7, 11) is 1.70. The number of aliphatic hydroxyl groups is 1. The molecule has 0 fully saturated rings. The van der Waals surface area contributed by atoms with Gasteiger partial charge in [0.2, 0.25) is 5.43 Å². The Bertz CT molecular complexity index is 776. The molecule has 0 bridgehead atoms. The van der Waals surface area contributed by atoms with Crippen molar-refractivity contribution in [2.24, 2.45) is 7.05 Å². The van der Waals surface area contributed by atoms with Gasteiger partial charge in [0.05, 0.1) is 18.4 Å². The van der Waals surface area contributed by atoms with Gasteiger partial charge in [-0.15, -0.1) is 0 Å². The monoisotopic (exact) mass is 303 g/mol. The number of allylic oxidation sites excluding steroid dienone is 1. The highest BCUT2D eigenvalue weighted by molar-refractivity contribution is 5.92. The molecule has 0 atom stereocenters. The second-order valence-corrected chi connectivity index (χ2v) is 4.81. The molecule has 1 aromatic carbocycles. The molecule has 22 heavy (non-hydrogen) atoms. The van der Waals surface area contributed by atoms with Crippen molar-refractivity contribution in [3.05, 3.63) is 58.1 Å². The number of rotatable bonds is 6. The standard InChI is InChI=1S/C16H17NO5/c1-17-10-13(16(20)21)15(19)12-9-11(4-5-14(12)17)3-2-7-22-8-6-18/h2,4-5,7,9-10,18H,3,6,8H2,1H3,(H,20,21)/b7-2+. The normalized spacial score (nSPS) is 11.2. The summed E-state index contributed by atoms with van der Waals surface area (Å²) >= 11 is 0. The Balaban J connectivity index is 2.37. The molecule has 116 valence electrons. The first-order valence-electron chi connectivity index (χ1n) is 6.77. The van der Waals surface area contributed by atoms with Gasteiger partial charge >= 0.3 is 5.97 Å². The highest BCUT2D eigenvalue weighted by Gasteiger charge is 2.13. The molecule has 1 heterocycles. The minimum absolute atomic E-state index is 0.0473. The molecule has 0 unspecified atom stereocenters. The van der Waals surface area contributed by atoms with E-state index in [-0.39, 0.29) is 18.8 Å². The Morgan fingerprint density at radius 1 is 1.41 bits per heavy atom. The van der Waals surface area contributed by atoms with Gasteiger partial charge in [0.25, 0.3) is 0 Å². The van der Waals surface area contributed by atoms with Gasteiger partial charge in [-0.2, -0.15) is 0 Å². The molecule has 1 aromatic heterocycles. The van der Waals surface area contributed by atoms with E-state index in [4.69, 9.17) is 14.9 Å². The molecule has 0 aliphatic rings. The molecule has 0 amide bonds. The number of pyridine rings is 1. The fourth-order valence-electron chi connectivity index (χ4n) is 2.19. The maximum atomic E-state index is 12.2. The maximum Gasteiger partial charge on any atom is 0.341 e. The summed E-state index contributed by atoms with van der Waals surface area (Å²) in [6.45, 7) is 0.186. The predicted octanol–water partition coefficient (Wildman–Crippen LogP) is 1.30. The average Bonchev–Trinajstić information content (AvgIpc) is 2.50. The first-order valence-corrected chi connectivity index (χ1v) is 6.77. The van der Waals surface area contributed by atoms with Crippen molar-refractivity contribution in [1.82, 2.24) is 4.57 Å². The zero-order chi connectivity index (χ0) is 16.1. The number of hydrogen-bond donors (Lipinski definition) is 2. The van der Waals surface area contributed by atoms with Gasteiger partial charge in [0, 0.05) is 18.6 Å². The number of aryl methyl sites for hydroxylation is 1. The maximum absolute atomic E-state index is 12.2. The second-order valence-electron chi connectivity index (χ2n) is 4.81. The fourth-order valence-corrected chi connectivity index (χ4v) is 2.19. The highest BCUT2D eigenvalue weighted by Crippen LogP contribution is 2.14. The van der Waals surface area contributed by atoms with Crippen molar-refractivity contribution in [3.63, 3.8) is 0 Å². The van der Waals surface area contributed by atoms with Crippen molar-refractivity contribution in [2.45, 2.75) is 6.42 Å². The Labute approximate surface area is 126 Å². The lowest BCUT2D eigenvalue weighted by Gasteiger charge is -2.08. The van der Waals surface area contributed by atoms with Crippen LogP contribution in [0.5, 0.6) is 0 Å². The third-order valence-corrected chi connectivity index (χ3v) is 3.24. The number of nitrogens with zero attached hydrogens (tertiary/aromatic N) is 1. The van der Waals surface area contributed by atoms with E-state index in [1.807, 2.05) is 6.07 Å². The van der Waals surface area contributed by atoms with Gasteiger partial charge in [-0.1, -0.05) is 6.07 Å². The van der Waals surface area contributed by atoms with Gasteiger partial charge in [-0.3, -0.25) is 4.79 Å². The molecule has 6 nitrogen and oxygen atoms in total. The highest BCUT2D eigenvalue weighted by atomic mass is 16.5. The van der Waals surface area contributed by atoms with Crippen LogP contribution in [0.15, 0.2) is 41.5 Å². The van der Waals surface area contributed by atoms with Crippen LogP contribution in [0.2, 0.25) is 0 Å². The van der Waals surface area contributed by atoms with Gasteiger partial charge < -0.3 is 19.5 Å². The molecule has 2 aromatic rings. The van der Waals surface area contributed by atoms with Crippen LogP contribution in [0.4, 0.5) is 0 Å². The number of aromatic carboxylic acids is 1. The Morgan fingerprint density at radius 2 is 2.18 bits per heavy atom. The molecule has 2 rings (SSSR count). The minimum Gasteiger partial charge on any atom is -0.499 e. The van der Waals surface area contributed by atoms with E-state index >= 15 is 0 Å². The molecule has 2 N–H and O–H groups in total. The van der Waals surface area contributed by atoms with Crippen molar-refractivity contribution in [2.75, 3.05) is 13.2 Å². The van der Waals surface area contributed by atoms with Crippen LogP contribution in [0.3, 0.4) is 0 Å². The number of carbonyl (C=O) groups is 1. The summed E-state index contributed by atoms with van der Waals surface area (Å²) in [5.41, 5.74) is 0.826. The van der Waals surface area contributed by atoms with E-state index < -0.39 is 11.4 Å². The lowest BCUT2D eigenvalue weighted by molar-refractivity contribution is 0.0695. The van der Waals surface area contributed by atoms with Gasteiger partial charge in [-0.05, 0) is 30.2 Å². The largest absolute Gasteiger partial charge is 0.499 e. The first kappa shape index (κ1) is 15.8. The molecular formula is C16H17NO5. The molecule has 6 heteroatoms. The summed E-state index contributed by atoms with van der Waals surface area (Å²) in [6.07, 6.45) is 5.13. The summed E-state index contributed by atoms with van der Waals surface area (Å²) in [4.78, 5) is 23.3. The Kier molecular flexibility index (Phi) is 4.95. The van der Waals surface area contributed by atoms with Crippen LogP contribution >= 0.6 is 0 Å². The van der Waals surface area contributed by atoms with Crippen LogP contribution in [0.25, 0.3) is 10.9 Å². The van der Waals surface area contributed by atoms with Crippen LogP contribution in [-0.2, 0) is 18.2 Å². The Morgan fingerprint density at radius 3 is 2.86 bits per heavy atom. The molecule has 0 radical (unpaired) electrons. The Hall–Kier alpha value is -2.60. The van der Waals surface area contributed by atoms with Crippen molar-refractivity contribution in [3.8, 4) is 0 Å². The number of benzene rings is 1. The number of ether oxygens (including phenoxy) is 1. The zero-order valence-electron chi connectivity index (χ0n) is 12.2. The van der Waals surface area contributed by atoms with Gasteiger partial charge in [-0.25, -0.2) is 4.79 Å². The van der Waals surface area contributed by atoms with E-state index in [1.54, 1.807) is 29.8 Å². The van der Waals surface area contributed by atoms with E-state index in [9.17, 15) is 9.59 Å². The van der Waals surface area contributed by atoms with E-state index in [0.29, 0.717) is 17.3 Å². The summed E-state index contributed by atoms with van der Waals surface area (Å²) in [6, 6.07) is 5.36. The fraction of sp³-hybridized carbons (Fsp3) is 0.250. The first-order chi connectivity index (χ1) is 10.5. The molecule has 0 saturated carbocycles. The number of hydrogen-bond acceptors (Lipinski definition) is 4. The predicted molar refractivity (Wildman–Crippen MR) is 82.0 cm³/mol. The number of aromatic nitrogens is 1.